The van der Waals surface area contributed by atoms with Crippen LogP contribution in [0.1, 0.15) is 90.9 Å². The van der Waals surface area contributed by atoms with Gasteiger partial charge in [0.15, 0.2) is 0 Å². The summed E-state index contributed by atoms with van der Waals surface area (Å²) < 4.78 is 0. The second kappa shape index (κ2) is 10.1. The predicted molar refractivity (Wildman–Crippen MR) is 97.6 cm³/mol. The highest BCUT2D eigenvalue weighted by atomic mass is 14.2. The summed E-state index contributed by atoms with van der Waals surface area (Å²) in [5, 5.41) is 0. The normalized spacial score (nSPS) is 32.6. The first kappa shape index (κ1) is 17.7. The van der Waals surface area contributed by atoms with Crippen molar-refractivity contribution in [2.45, 2.75) is 90.9 Å². The van der Waals surface area contributed by atoms with Crippen LogP contribution in [0.15, 0.2) is 12.2 Å². The van der Waals surface area contributed by atoms with Crippen LogP contribution in [0.4, 0.5) is 0 Å². The van der Waals surface area contributed by atoms with Gasteiger partial charge in [0, 0.05) is 5.92 Å². The Kier molecular flexibility index (Phi) is 8.14. The Morgan fingerprint density at radius 3 is 2.32 bits per heavy atom. The SMILES string of the molecule is CCCCC[C@H]1CC[C@H](C=CC#C[C@H]2CC[C@H](C)CC2)CC1. The summed E-state index contributed by atoms with van der Waals surface area (Å²) in [5.74, 6) is 10.3. The molecule has 22 heavy (non-hydrogen) atoms. The van der Waals surface area contributed by atoms with E-state index in [2.05, 4.69) is 37.8 Å². The topological polar surface area (TPSA) is 0 Å². The molecule has 2 rings (SSSR count). The number of hydrogen-bond acceptors (Lipinski definition) is 0. The molecule has 0 saturated heterocycles. The molecule has 2 aliphatic rings. The standard InChI is InChI=1S/C22H36/c1-3-4-5-8-21-15-17-22(18-16-21)10-7-6-9-20-13-11-19(2)12-14-20/h7,10,19-22H,3-5,8,11-18H2,1-2H3/t19-,20-,21-,22-. The van der Waals surface area contributed by atoms with Crippen molar-refractivity contribution in [1.29, 1.82) is 0 Å². The van der Waals surface area contributed by atoms with Crippen LogP contribution in [0.5, 0.6) is 0 Å². The van der Waals surface area contributed by atoms with Gasteiger partial charge < -0.3 is 0 Å². The van der Waals surface area contributed by atoms with E-state index < -0.39 is 0 Å². The van der Waals surface area contributed by atoms with Crippen LogP contribution in [-0.2, 0) is 0 Å². The molecular weight excluding hydrogens is 264 g/mol. The van der Waals surface area contributed by atoms with Crippen molar-refractivity contribution >= 4 is 0 Å². The monoisotopic (exact) mass is 300 g/mol. The van der Waals surface area contributed by atoms with Crippen LogP contribution in [0.2, 0.25) is 0 Å². The van der Waals surface area contributed by atoms with Crippen molar-refractivity contribution in [2.75, 3.05) is 0 Å². The Labute approximate surface area is 139 Å². The molecule has 0 atom stereocenters. The van der Waals surface area contributed by atoms with Gasteiger partial charge in [-0.1, -0.05) is 57.4 Å². The molecule has 0 heterocycles. The fraction of sp³-hybridized carbons (Fsp3) is 0.818. The number of hydrogen-bond donors (Lipinski definition) is 0. The molecule has 0 aromatic heterocycles. The summed E-state index contributed by atoms with van der Waals surface area (Å²) >= 11 is 0. The highest BCUT2D eigenvalue weighted by molar-refractivity contribution is 5.18. The van der Waals surface area contributed by atoms with Crippen LogP contribution in [0.25, 0.3) is 0 Å². The van der Waals surface area contributed by atoms with Gasteiger partial charge in [0.2, 0.25) is 0 Å². The molecule has 2 fully saturated rings. The Bertz CT molecular complexity index is 365. The summed E-state index contributed by atoms with van der Waals surface area (Å²) in [6.45, 7) is 4.68. The van der Waals surface area contributed by atoms with E-state index in [4.69, 9.17) is 0 Å². The molecule has 0 aliphatic heterocycles. The second-order valence-electron chi connectivity index (χ2n) is 7.88. The van der Waals surface area contributed by atoms with E-state index in [0.29, 0.717) is 5.92 Å². The van der Waals surface area contributed by atoms with Gasteiger partial charge in [-0.05, 0) is 75.2 Å². The quantitative estimate of drug-likeness (QED) is 0.388. The summed E-state index contributed by atoms with van der Waals surface area (Å²) in [7, 11) is 0. The van der Waals surface area contributed by atoms with E-state index in [0.717, 1.165) is 17.8 Å². The van der Waals surface area contributed by atoms with Crippen LogP contribution in [-0.4, -0.2) is 0 Å². The number of allylic oxidation sites excluding steroid dienone is 2. The molecule has 0 nitrogen and oxygen atoms in total. The minimum Gasteiger partial charge on any atom is -0.0951 e. The molecule has 2 saturated carbocycles. The van der Waals surface area contributed by atoms with Gasteiger partial charge in [0.25, 0.3) is 0 Å². The van der Waals surface area contributed by atoms with E-state index in [-0.39, 0.29) is 0 Å². The Hall–Kier alpha value is -0.700. The van der Waals surface area contributed by atoms with E-state index in [1.54, 1.807) is 0 Å². The highest BCUT2D eigenvalue weighted by Crippen LogP contribution is 2.32. The van der Waals surface area contributed by atoms with E-state index in [9.17, 15) is 0 Å². The highest BCUT2D eigenvalue weighted by Gasteiger charge is 2.19. The average molecular weight is 301 g/mol. The van der Waals surface area contributed by atoms with Gasteiger partial charge in [-0.15, -0.1) is 0 Å². The third kappa shape index (κ3) is 6.60. The molecule has 0 heteroatoms. The Morgan fingerprint density at radius 2 is 1.64 bits per heavy atom. The molecule has 0 aromatic carbocycles. The lowest BCUT2D eigenvalue weighted by Crippen LogP contribution is -2.13. The zero-order valence-corrected chi connectivity index (χ0v) is 14.9. The minimum absolute atomic E-state index is 0.676. The van der Waals surface area contributed by atoms with Crippen molar-refractivity contribution in [3.63, 3.8) is 0 Å². The third-order valence-corrected chi connectivity index (χ3v) is 5.86. The summed E-state index contributed by atoms with van der Waals surface area (Å²) in [5.41, 5.74) is 0. The summed E-state index contributed by atoms with van der Waals surface area (Å²) in [4.78, 5) is 0. The molecule has 0 bridgehead atoms. The maximum absolute atomic E-state index is 3.49. The minimum atomic E-state index is 0.676. The number of rotatable bonds is 5. The van der Waals surface area contributed by atoms with Crippen LogP contribution < -0.4 is 0 Å². The predicted octanol–water partition coefficient (Wildman–Crippen LogP) is 6.76. The van der Waals surface area contributed by atoms with E-state index >= 15 is 0 Å². The van der Waals surface area contributed by atoms with Crippen molar-refractivity contribution in [3.05, 3.63) is 12.2 Å². The first-order chi connectivity index (χ1) is 10.8. The molecule has 124 valence electrons. The van der Waals surface area contributed by atoms with Gasteiger partial charge in [-0.25, -0.2) is 0 Å². The molecule has 0 spiro atoms. The zero-order valence-electron chi connectivity index (χ0n) is 14.9. The lowest BCUT2D eigenvalue weighted by Gasteiger charge is -2.26. The van der Waals surface area contributed by atoms with Crippen molar-refractivity contribution in [3.8, 4) is 11.8 Å². The maximum atomic E-state index is 3.49. The first-order valence-electron chi connectivity index (χ1n) is 9.95. The third-order valence-electron chi connectivity index (χ3n) is 5.86. The second-order valence-corrected chi connectivity index (χ2v) is 7.88. The summed E-state index contributed by atoms with van der Waals surface area (Å²) in [6, 6.07) is 0. The lowest BCUT2D eigenvalue weighted by molar-refractivity contribution is 0.289. The average Bonchev–Trinajstić information content (AvgIpc) is 2.55. The molecule has 0 aromatic rings. The lowest BCUT2D eigenvalue weighted by atomic mass is 9.79. The van der Waals surface area contributed by atoms with E-state index in [1.165, 1.54) is 77.0 Å². The first-order valence-corrected chi connectivity index (χ1v) is 9.95. The van der Waals surface area contributed by atoms with Gasteiger partial charge >= 0.3 is 0 Å². The summed E-state index contributed by atoms with van der Waals surface area (Å²) in [6.07, 6.45) is 21.4. The Balaban J connectivity index is 1.61. The Morgan fingerprint density at radius 1 is 0.909 bits per heavy atom. The fourth-order valence-corrected chi connectivity index (χ4v) is 4.11. The molecule has 0 N–H and O–H groups in total. The van der Waals surface area contributed by atoms with Crippen LogP contribution in [0, 0.1) is 35.5 Å². The van der Waals surface area contributed by atoms with Gasteiger partial charge in [0.1, 0.15) is 0 Å². The largest absolute Gasteiger partial charge is 0.0951 e. The van der Waals surface area contributed by atoms with E-state index in [1.807, 2.05) is 0 Å². The number of unbranched alkanes of at least 4 members (excludes halogenated alkanes) is 2. The molecular formula is C22H36. The fourth-order valence-electron chi connectivity index (χ4n) is 4.11. The van der Waals surface area contributed by atoms with Gasteiger partial charge in [-0.2, -0.15) is 0 Å². The smallest absolute Gasteiger partial charge is 0.0206 e. The molecule has 2 aliphatic carbocycles. The van der Waals surface area contributed by atoms with Crippen LogP contribution in [0.3, 0.4) is 0 Å². The zero-order chi connectivity index (χ0) is 15.6. The molecule has 0 radical (unpaired) electrons. The van der Waals surface area contributed by atoms with Crippen molar-refractivity contribution in [2.24, 2.45) is 23.7 Å². The molecule has 0 amide bonds. The maximum Gasteiger partial charge on any atom is 0.0206 e. The van der Waals surface area contributed by atoms with Gasteiger partial charge in [-0.3, -0.25) is 0 Å². The molecule has 0 unspecified atom stereocenters. The van der Waals surface area contributed by atoms with Gasteiger partial charge in [0.05, 0.1) is 0 Å². The van der Waals surface area contributed by atoms with Crippen molar-refractivity contribution in [1.82, 2.24) is 0 Å². The van der Waals surface area contributed by atoms with Crippen molar-refractivity contribution < 1.29 is 0 Å². The van der Waals surface area contributed by atoms with Crippen LogP contribution >= 0.6 is 0 Å².